The molecule has 2 aromatic rings. The van der Waals surface area contributed by atoms with Gasteiger partial charge < -0.3 is 10.3 Å². The van der Waals surface area contributed by atoms with Crippen molar-refractivity contribution in [1.29, 1.82) is 0 Å². The number of hydrogen-bond donors (Lipinski definition) is 2. The fourth-order valence-electron chi connectivity index (χ4n) is 1.33. The Morgan fingerprint density at radius 1 is 1.24 bits per heavy atom. The second-order valence-corrected chi connectivity index (χ2v) is 3.82. The predicted octanol–water partition coefficient (Wildman–Crippen LogP) is 2.28. The van der Waals surface area contributed by atoms with Crippen molar-refractivity contribution >= 4 is 23.2 Å². The van der Waals surface area contributed by atoms with E-state index >= 15 is 0 Å². The fourth-order valence-corrected chi connectivity index (χ4v) is 1.50. The molecule has 1 aromatic heterocycles. The third kappa shape index (κ3) is 2.73. The third-order valence-corrected chi connectivity index (χ3v) is 2.37. The number of hydrogen-bond acceptors (Lipinski definition) is 2. The van der Waals surface area contributed by atoms with Crippen molar-refractivity contribution in [2.24, 2.45) is 0 Å². The minimum absolute atomic E-state index is 0.131. The van der Waals surface area contributed by atoms with Gasteiger partial charge in [-0.05, 0) is 18.2 Å². The zero-order chi connectivity index (χ0) is 12.3. The molecule has 86 valence electrons. The van der Waals surface area contributed by atoms with Crippen LogP contribution in [-0.2, 0) is 0 Å². The molecule has 0 spiro atoms. The Morgan fingerprint density at radius 2 is 1.94 bits per heavy atom. The van der Waals surface area contributed by atoms with Crippen LogP contribution in [0.25, 0.3) is 0 Å². The number of rotatable bonds is 2. The zero-order valence-corrected chi connectivity index (χ0v) is 9.49. The first-order valence-electron chi connectivity index (χ1n) is 4.91. The number of aromatic amines is 1. The number of aromatic nitrogens is 1. The number of amides is 1. The molecule has 0 aliphatic rings. The van der Waals surface area contributed by atoms with Crippen LogP contribution in [0.2, 0.25) is 5.02 Å². The first-order valence-corrected chi connectivity index (χ1v) is 5.29. The predicted molar refractivity (Wildman–Crippen MR) is 66.5 cm³/mol. The molecule has 0 atom stereocenters. The Balaban J connectivity index is 2.25. The molecule has 1 amide bonds. The first-order chi connectivity index (χ1) is 8.16. The molecule has 0 fully saturated rings. The lowest BCUT2D eigenvalue weighted by atomic mass is 10.2. The van der Waals surface area contributed by atoms with Crippen molar-refractivity contribution in [2.45, 2.75) is 0 Å². The van der Waals surface area contributed by atoms with Crippen LogP contribution < -0.4 is 10.9 Å². The van der Waals surface area contributed by atoms with Gasteiger partial charge >= 0.3 is 0 Å². The maximum atomic E-state index is 11.8. The topological polar surface area (TPSA) is 62.0 Å². The van der Waals surface area contributed by atoms with Gasteiger partial charge in [-0.2, -0.15) is 0 Å². The molecular formula is C12H9ClN2O2. The Morgan fingerprint density at radius 3 is 2.65 bits per heavy atom. The van der Waals surface area contributed by atoms with Gasteiger partial charge in [-0.25, -0.2) is 0 Å². The summed E-state index contributed by atoms with van der Waals surface area (Å²) in [5.41, 5.74) is 0.219. The van der Waals surface area contributed by atoms with Crippen molar-refractivity contribution in [1.82, 2.24) is 4.98 Å². The van der Waals surface area contributed by atoms with Crippen LogP contribution in [0, 0.1) is 0 Å². The highest BCUT2D eigenvalue weighted by atomic mass is 35.5. The molecule has 1 aromatic carbocycles. The van der Waals surface area contributed by atoms with Crippen LogP contribution in [-0.4, -0.2) is 10.9 Å². The number of carbonyl (C=O) groups is 1. The first kappa shape index (κ1) is 11.4. The van der Waals surface area contributed by atoms with Gasteiger partial charge in [0.25, 0.3) is 11.5 Å². The summed E-state index contributed by atoms with van der Waals surface area (Å²) in [6.07, 6.45) is 1.36. The molecule has 0 bridgehead atoms. The van der Waals surface area contributed by atoms with E-state index in [-0.39, 0.29) is 11.6 Å². The summed E-state index contributed by atoms with van der Waals surface area (Å²) in [7, 11) is 0. The molecule has 0 saturated heterocycles. The van der Waals surface area contributed by atoms with Crippen molar-refractivity contribution in [3.63, 3.8) is 0 Å². The van der Waals surface area contributed by atoms with E-state index in [1.165, 1.54) is 12.3 Å². The number of nitrogens with one attached hydrogen (secondary N) is 2. The van der Waals surface area contributed by atoms with E-state index in [0.29, 0.717) is 10.6 Å². The van der Waals surface area contributed by atoms with Gasteiger partial charge in [0.1, 0.15) is 5.69 Å². The standard InChI is InChI=1S/C12H9ClN2O2/c13-9-6-10(12(17)14-7-9)15-11(16)8-4-2-1-3-5-8/h1-7H,(H,14,17)(H,15,16). The van der Waals surface area contributed by atoms with Crippen molar-refractivity contribution < 1.29 is 4.79 Å². The van der Waals surface area contributed by atoms with Crippen LogP contribution in [0.3, 0.4) is 0 Å². The van der Waals surface area contributed by atoms with E-state index in [1.807, 2.05) is 6.07 Å². The maximum Gasteiger partial charge on any atom is 0.271 e. The highest BCUT2D eigenvalue weighted by Gasteiger charge is 2.07. The molecule has 1 heterocycles. The fraction of sp³-hybridized carbons (Fsp3) is 0. The average molecular weight is 249 g/mol. The molecule has 17 heavy (non-hydrogen) atoms. The van der Waals surface area contributed by atoms with Gasteiger partial charge in [-0.1, -0.05) is 29.8 Å². The van der Waals surface area contributed by atoms with Gasteiger partial charge in [0.15, 0.2) is 0 Å². The quantitative estimate of drug-likeness (QED) is 0.857. The number of halogens is 1. The number of anilines is 1. The molecular weight excluding hydrogens is 240 g/mol. The van der Waals surface area contributed by atoms with Gasteiger partial charge in [0.05, 0.1) is 5.02 Å². The van der Waals surface area contributed by atoms with E-state index in [4.69, 9.17) is 11.6 Å². The molecule has 2 rings (SSSR count). The summed E-state index contributed by atoms with van der Waals surface area (Å²) in [6.45, 7) is 0. The minimum Gasteiger partial charge on any atom is -0.326 e. The summed E-state index contributed by atoms with van der Waals surface area (Å²) >= 11 is 5.72. The van der Waals surface area contributed by atoms with Crippen LogP contribution in [0.15, 0.2) is 47.4 Å². The molecule has 5 heteroatoms. The van der Waals surface area contributed by atoms with Gasteiger partial charge in [-0.15, -0.1) is 0 Å². The van der Waals surface area contributed by atoms with Gasteiger partial charge in [-0.3, -0.25) is 9.59 Å². The summed E-state index contributed by atoms with van der Waals surface area (Å²) in [5, 5.41) is 2.85. The lowest BCUT2D eigenvalue weighted by molar-refractivity contribution is 0.102. The van der Waals surface area contributed by atoms with Crippen molar-refractivity contribution in [2.75, 3.05) is 5.32 Å². The van der Waals surface area contributed by atoms with Gasteiger partial charge in [0.2, 0.25) is 0 Å². The van der Waals surface area contributed by atoms with E-state index in [2.05, 4.69) is 10.3 Å². The zero-order valence-electron chi connectivity index (χ0n) is 8.74. The lowest BCUT2D eigenvalue weighted by Crippen LogP contribution is -2.19. The summed E-state index contributed by atoms with van der Waals surface area (Å²) in [4.78, 5) is 25.6. The lowest BCUT2D eigenvalue weighted by Gasteiger charge is -2.04. The number of pyridine rings is 1. The highest BCUT2D eigenvalue weighted by molar-refractivity contribution is 6.30. The highest BCUT2D eigenvalue weighted by Crippen LogP contribution is 2.10. The van der Waals surface area contributed by atoms with E-state index < -0.39 is 5.56 Å². The smallest absolute Gasteiger partial charge is 0.271 e. The molecule has 0 aliphatic carbocycles. The monoisotopic (exact) mass is 248 g/mol. The number of benzene rings is 1. The van der Waals surface area contributed by atoms with Crippen molar-refractivity contribution in [3.05, 3.63) is 63.5 Å². The maximum absolute atomic E-state index is 11.8. The van der Waals surface area contributed by atoms with Crippen LogP contribution in [0.4, 0.5) is 5.69 Å². The Kier molecular flexibility index (Phi) is 3.25. The van der Waals surface area contributed by atoms with Crippen LogP contribution >= 0.6 is 11.6 Å². The Hall–Kier alpha value is -2.07. The third-order valence-electron chi connectivity index (χ3n) is 2.15. The summed E-state index contributed by atoms with van der Waals surface area (Å²) < 4.78 is 0. The average Bonchev–Trinajstić information content (AvgIpc) is 2.35. The van der Waals surface area contributed by atoms with Gasteiger partial charge in [0, 0.05) is 11.8 Å². The number of carbonyl (C=O) groups excluding carboxylic acids is 1. The molecule has 4 nitrogen and oxygen atoms in total. The van der Waals surface area contributed by atoms with E-state index in [1.54, 1.807) is 24.3 Å². The largest absolute Gasteiger partial charge is 0.326 e. The minimum atomic E-state index is -0.390. The molecule has 0 saturated carbocycles. The van der Waals surface area contributed by atoms with E-state index in [0.717, 1.165) is 0 Å². The summed E-state index contributed by atoms with van der Waals surface area (Å²) in [5.74, 6) is -0.349. The van der Waals surface area contributed by atoms with Crippen LogP contribution in [0.5, 0.6) is 0 Å². The second kappa shape index (κ2) is 4.84. The normalized spacial score (nSPS) is 9.94. The molecule has 0 aliphatic heterocycles. The Bertz CT molecular complexity index is 593. The molecule has 2 N–H and O–H groups in total. The van der Waals surface area contributed by atoms with Crippen molar-refractivity contribution in [3.8, 4) is 0 Å². The molecule has 0 unspecified atom stereocenters. The molecule has 0 radical (unpaired) electrons. The Labute approximate surface area is 102 Å². The number of H-pyrrole nitrogens is 1. The van der Waals surface area contributed by atoms with E-state index in [9.17, 15) is 9.59 Å². The SMILES string of the molecule is O=C(Nc1cc(Cl)c[nH]c1=O)c1ccccc1. The summed E-state index contributed by atoms with van der Waals surface area (Å²) in [6, 6.07) is 10.0. The van der Waals surface area contributed by atoms with Crippen LogP contribution in [0.1, 0.15) is 10.4 Å². The second-order valence-electron chi connectivity index (χ2n) is 3.38.